The molecule has 0 atom stereocenters. The number of benzene rings is 1. The number of carbonyl (C=O) groups excluding carboxylic acids is 2. The second-order valence-corrected chi connectivity index (χ2v) is 7.36. The van der Waals surface area contributed by atoms with E-state index < -0.39 is 0 Å². The molecule has 0 aromatic heterocycles. The number of likely N-dealkylation sites (tertiary alicyclic amines) is 1. The van der Waals surface area contributed by atoms with Crippen LogP contribution < -0.4 is 4.74 Å². The van der Waals surface area contributed by atoms with E-state index in [4.69, 9.17) is 4.74 Å². The molecule has 1 fully saturated rings. The molecule has 0 saturated carbocycles. The normalized spacial score (nSPS) is 19.2. The van der Waals surface area contributed by atoms with E-state index >= 15 is 0 Å². The zero-order valence-corrected chi connectivity index (χ0v) is 16.7. The van der Waals surface area contributed by atoms with Gasteiger partial charge in [0.25, 0.3) is 11.8 Å². The maximum atomic E-state index is 13.1. The number of amides is 2. The molecule has 3 rings (SSSR count). The maximum absolute atomic E-state index is 13.1. The quantitative estimate of drug-likeness (QED) is 0.718. The third-order valence-corrected chi connectivity index (χ3v) is 5.56. The molecule has 1 aromatic carbocycles. The number of hydrogen-bond donors (Lipinski definition) is 0. The van der Waals surface area contributed by atoms with Crippen molar-refractivity contribution in [2.24, 2.45) is 0 Å². The Morgan fingerprint density at radius 2 is 1.74 bits per heavy atom. The number of hydrogen-bond acceptors (Lipinski definition) is 5. The van der Waals surface area contributed by atoms with Crippen molar-refractivity contribution in [3.05, 3.63) is 35.5 Å². The molecule has 1 aromatic rings. The molecular weight excluding hydrogens is 342 g/mol. The van der Waals surface area contributed by atoms with Gasteiger partial charge < -0.3 is 14.5 Å². The predicted molar refractivity (Wildman–Crippen MR) is 105 cm³/mol. The fourth-order valence-electron chi connectivity index (χ4n) is 3.90. The summed E-state index contributed by atoms with van der Waals surface area (Å²) in [5.74, 6) is 0.364. The molecule has 2 aliphatic heterocycles. The third-order valence-electron chi connectivity index (χ3n) is 5.56. The molecule has 0 radical (unpaired) electrons. The highest BCUT2D eigenvalue weighted by molar-refractivity contribution is 6.35. The maximum Gasteiger partial charge on any atom is 0.277 e. The molecule has 0 unspecified atom stereocenters. The van der Waals surface area contributed by atoms with Crippen molar-refractivity contribution in [2.75, 3.05) is 40.8 Å². The lowest BCUT2D eigenvalue weighted by atomic mass is 10.00. The summed E-state index contributed by atoms with van der Waals surface area (Å²) in [6, 6.07) is 7.64. The number of likely N-dealkylation sites (N-methyl/N-ethyl adjacent to an activating group) is 1. The summed E-state index contributed by atoms with van der Waals surface area (Å²) >= 11 is 0. The first-order valence-corrected chi connectivity index (χ1v) is 9.64. The van der Waals surface area contributed by atoms with Crippen LogP contribution >= 0.6 is 0 Å². The summed E-state index contributed by atoms with van der Waals surface area (Å²) < 4.78 is 5.23. The lowest BCUT2D eigenvalue weighted by molar-refractivity contribution is -0.137. The Balaban J connectivity index is 2.00. The van der Waals surface area contributed by atoms with E-state index in [1.54, 1.807) is 7.11 Å². The number of ether oxygens (including phenoxy) is 1. The number of rotatable bonds is 6. The van der Waals surface area contributed by atoms with Crippen LogP contribution in [0.2, 0.25) is 0 Å². The van der Waals surface area contributed by atoms with Crippen LogP contribution in [0.5, 0.6) is 5.75 Å². The predicted octanol–water partition coefficient (Wildman–Crippen LogP) is 2.21. The molecule has 146 valence electrons. The van der Waals surface area contributed by atoms with Gasteiger partial charge in [-0.2, -0.15) is 0 Å². The van der Waals surface area contributed by atoms with Gasteiger partial charge >= 0.3 is 0 Å². The van der Waals surface area contributed by atoms with Crippen molar-refractivity contribution >= 4 is 17.4 Å². The number of imide groups is 1. The van der Waals surface area contributed by atoms with Crippen LogP contribution in [0.1, 0.15) is 31.7 Å². The second-order valence-electron chi connectivity index (χ2n) is 7.36. The smallest absolute Gasteiger partial charge is 0.277 e. The van der Waals surface area contributed by atoms with Gasteiger partial charge in [-0.05, 0) is 57.1 Å². The summed E-state index contributed by atoms with van der Waals surface area (Å²) in [6.07, 6.45) is 2.72. The molecule has 0 N–H and O–H groups in total. The Morgan fingerprint density at radius 1 is 1.11 bits per heavy atom. The first-order chi connectivity index (χ1) is 13.0. The highest BCUT2D eigenvalue weighted by atomic mass is 16.5. The zero-order chi connectivity index (χ0) is 19.6. The largest absolute Gasteiger partial charge is 0.497 e. The van der Waals surface area contributed by atoms with Gasteiger partial charge in [0.2, 0.25) is 0 Å². The van der Waals surface area contributed by atoms with Crippen molar-refractivity contribution in [3.63, 3.8) is 0 Å². The van der Waals surface area contributed by atoms with Crippen LogP contribution in [-0.4, -0.2) is 73.4 Å². The minimum absolute atomic E-state index is 0.172. The van der Waals surface area contributed by atoms with E-state index in [0.717, 1.165) is 43.7 Å². The summed E-state index contributed by atoms with van der Waals surface area (Å²) in [4.78, 5) is 32.0. The number of carbonyl (C=O) groups is 2. The number of methoxy groups -OCH3 is 1. The average Bonchev–Trinajstić information content (AvgIpc) is 2.93. The molecule has 2 amide bonds. The average molecular weight is 371 g/mol. The fraction of sp³-hybridized carbons (Fsp3) is 0.524. The van der Waals surface area contributed by atoms with Gasteiger partial charge in [0.05, 0.1) is 12.7 Å². The van der Waals surface area contributed by atoms with Gasteiger partial charge in [-0.15, -0.1) is 0 Å². The summed E-state index contributed by atoms with van der Waals surface area (Å²) in [7, 11) is 5.68. The molecule has 2 aliphatic rings. The Morgan fingerprint density at radius 3 is 2.30 bits per heavy atom. The SMILES string of the molecule is CCCN1C(=O)C(c2ccc(OC)cc2)=C(N(C)C2CCN(C)CC2)C1=O. The molecule has 0 bridgehead atoms. The van der Waals surface area contributed by atoms with Crippen molar-refractivity contribution < 1.29 is 14.3 Å². The Hall–Kier alpha value is -2.34. The van der Waals surface area contributed by atoms with E-state index in [1.807, 2.05) is 43.1 Å². The van der Waals surface area contributed by atoms with Crippen LogP contribution in [0.3, 0.4) is 0 Å². The molecule has 1 saturated heterocycles. The molecule has 27 heavy (non-hydrogen) atoms. The number of nitrogens with zero attached hydrogens (tertiary/aromatic N) is 3. The minimum Gasteiger partial charge on any atom is -0.497 e. The van der Waals surface area contributed by atoms with Gasteiger partial charge in [-0.1, -0.05) is 19.1 Å². The Kier molecular flexibility index (Phi) is 5.85. The van der Waals surface area contributed by atoms with Gasteiger partial charge in [-0.3, -0.25) is 14.5 Å². The van der Waals surface area contributed by atoms with Crippen LogP contribution in [0.25, 0.3) is 5.57 Å². The molecule has 2 heterocycles. The van der Waals surface area contributed by atoms with E-state index in [1.165, 1.54) is 4.90 Å². The van der Waals surface area contributed by atoms with Crippen LogP contribution in [-0.2, 0) is 9.59 Å². The van der Waals surface area contributed by atoms with E-state index in [0.29, 0.717) is 17.8 Å². The van der Waals surface area contributed by atoms with Gasteiger partial charge in [0.1, 0.15) is 11.4 Å². The van der Waals surface area contributed by atoms with E-state index in [-0.39, 0.29) is 17.9 Å². The lowest BCUT2D eigenvalue weighted by Crippen LogP contribution is -2.43. The summed E-state index contributed by atoms with van der Waals surface area (Å²) in [6.45, 7) is 4.43. The monoisotopic (exact) mass is 371 g/mol. The second kappa shape index (κ2) is 8.13. The molecule has 0 spiro atoms. The van der Waals surface area contributed by atoms with E-state index in [9.17, 15) is 9.59 Å². The topological polar surface area (TPSA) is 53.1 Å². The molecular formula is C21H29N3O3. The van der Waals surface area contributed by atoms with Crippen LogP contribution in [0.15, 0.2) is 30.0 Å². The zero-order valence-electron chi connectivity index (χ0n) is 16.7. The summed E-state index contributed by atoms with van der Waals surface area (Å²) in [5, 5.41) is 0. The van der Waals surface area contributed by atoms with Crippen LogP contribution in [0.4, 0.5) is 0 Å². The minimum atomic E-state index is -0.193. The first-order valence-electron chi connectivity index (χ1n) is 9.64. The molecule has 6 nitrogen and oxygen atoms in total. The van der Waals surface area contributed by atoms with Crippen LogP contribution in [0, 0.1) is 0 Å². The van der Waals surface area contributed by atoms with Crippen molar-refractivity contribution in [1.29, 1.82) is 0 Å². The summed E-state index contributed by atoms with van der Waals surface area (Å²) in [5.41, 5.74) is 1.81. The number of piperidine rings is 1. The Bertz CT molecular complexity index is 734. The highest BCUT2D eigenvalue weighted by Crippen LogP contribution is 2.34. The molecule has 6 heteroatoms. The first kappa shape index (κ1) is 19.4. The third kappa shape index (κ3) is 3.72. The van der Waals surface area contributed by atoms with Gasteiger partial charge in [-0.25, -0.2) is 0 Å². The fourth-order valence-corrected chi connectivity index (χ4v) is 3.90. The molecule has 0 aliphatic carbocycles. The van der Waals surface area contributed by atoms with Crippen molar-refractivity contribution in [1.82, 2.24) is 14.7 Å². The van der Waals surface area contributed by atoms with Gasteiger partial charge in [0, 0.05) is 19.6 Å². The van der Waals surface area contributed by atoms with E-state index in [2.05, 4.69) is 11.9 Å². The van der Waals surface area contributed by atoms with Crippen molar-refractivity contribution in [3.8, 4) is 5.75 Å². The van der Waals surface area contributed by atoms with Gasteiger partial charge in [0.15, 0.2) is 0 Å². The highest BCUT2D eigenvalue weighted by Gasteiger charge is 2.41. The standard InChI is InChI=1S/C21H29N3O3/c1-5-12-24-20(25)18(15-6-8-17(27-4)9-7-15)19(21(24)26)23(3)16-10-13-22(2)14-11-16/h6-9,16H,5,10-14H2,1-4H3. The van der Waals surface area contributed by atoms with Crippen molar-refractivity contribution in [2.45, 2.75) is 32.2 Å². The lowest BCUT2D eigenvalue weighted by Gasteiger charge is -2.36. The Labute approximate surface area is 161 Å².